The monoisotopic (exact) mass is 284 g/mol. The molecule has 1 aromatic rings. The highest BCUT2D eigenvalue weighted by atomic mass is 32.1. The summed E-state index contributed by atoms with van der Waals surface area (Å²) in [6, 6.07) is 0. The van der Waals surface area contributed by atoms with Crippen LogP contribution >= 0.6 is 11.3 Å². The van der Waals surface area contributed by atoms with E-state index in [1.54, 1.807) is 12.3 Å². The minimum absolute atomic E-state index is 0.00792. The average molecular weight is 284 g/mol. The van der Waals surface area contributed by atoms with Crippen molar-refractivity contribution in [3.05, 3.63) is 11.1 Å². The van der Waals surface area contributed by atoms with Gasteiger partial charge in [0.1, 0.15) is 0 Å². The number of aliphatic hydroxyl groups excluding tert-OH is 1. The summed E-state index contributed by atoms with van der Waals surface area (Å²) in [5.74, 6) is 0.416. The van der Waals surface area contributed by atoms with Gasteiger partial charge in [0, 0.05) is 18.4 Å². The number of aromatic nitrogens is 1. The summed E-state index contributed by atoms with van der Waals surface area (Å²) in [6.45, 7) is 4.38. The summed E-state index contributed by atoms with van der Waals surface area (Å²) in [6.07, 6.45) is 2.20. The zero-order valence-corrected chi connectivity index (χ0v) is 12.1. The van der Waals surface area contributed by atoms with E-state index in [1.165, 1.54) is 11.3 Å². The van der Waals surface area contributed by atoms with Gasteiger partial charge in [0.2, 0.25) is 5.91 Å². The summed E-state index contributed by atoms with van der Waals surface area (Å²) in [7, 11) is 0. The van der Waals surface area contributed by atoms with Gasteiger partial charge in [-0.1, -0.05) is 0 Å². The highest BCUT2D eigenvalue weighted by Crippen LogP contribution is 2.33. The van der Waals surface area contributed by atoms with Crippen LogP contribution in [0.3, 0.4) is 0 Å². The third-order valence-corrected chi connectivity index (χ3v) is 4.04. The first-order valence-electron chi connectivity index (χ1n) is 6.63. The molecule has 6 heteroatoms. The summed E-state index contributed by atoms with van der Waals surface area (Å²) in [5, 5.41) is 14.5. The van der Waals surface area contributed by atoms with Crippen molar-refractivity contribution in [3.8, 4) is 0 Å². The number of ether oxygens (including phenoxy) is 1. The standard InChI is InChI=1S/C13H20N2O3S/c1-3-18-10-4-9(5-10)6-12(17)15-13-14-11(7-19-13)8(2)16/h7-10,16H,3-6H2,1-2H3,(H,14,15,17). The van der Waals surface area contributed by atoms with E-state index in [0.717, 1.165) is 19.4 Å². The fourth-order valence-corrected chi connectivity index (χ4v) is 2.99. The van der Waals surface area contributed by atoms with Crippen molar-refractivity contribution < 1.29 is 14.6 Å². The lowest BCUT2D eigenvalue weighted by atomic mass is 9.80. The molecule has 1 aromatic heterocycles. The maximum absolute atomic E-state index is 11.8. The molecule has 5 nitrogen and oxygen atoms in total. The number of hydrogen-bond donors (Lipinski definition) is 2. The van der Waals surface area contributed by atoms with Crippen molar-refractivity contribution in [2.75, 3.05) is 11.9 Å². The van der Waals surface area contributed by atoms with Crippen molar-refractivity contribution >= 4 is 22.4 Å². The lowest BCUT2D eigenvalue weighted by Crippen LogP contribution is -2.33. The van der Waals surface area contributed by atoms with Crippen LogP contribution in [0.1, 0.15) is 44.9 Å². The summed E-state index contributed by atoms with van der Waals surface area (Å²) in [5.41, 5.74) is 0.598. The molecule has 0 radical (unpaired) electrons. The molecular weight excluding hydrogens is 264 g/mol. The average Bonchev–Trinajstić information content (AvgIpc) is 2.75. The third kappa shape index (κ3) is 3.99. The second-order valence-electron chi connectivity index (χ2n) is 4.92. The Balaban J connectivity index is 1.72. The molecule has 2 N–H and O–H groups in total. The van der Waals surface area contributed by atoms with Gasteiger partial charge in [0.25, 0.3) is 0 Å². The van der Waals surface area contributed by atoms with E-state index >= 15 is 0 Å². The number of aliphatic hydroxyl groups is 1. The van der Waals surface area contributed by atoms with Crippen LogP contribution in [0.15, 0.2) is 5.38 Å². The van der Waals surface area contributed by atoms with Gasteiger partial charge in [-0.15, -0.1) is 11.3 Å². The van der Waals surface area contributed by atoms with E-state index in [2.05, 4.69) is 10.3 Å². The molecular formula is C13H20N2O3S. The number of nitrogens with one attached hydrogen (secondary N) is 1. The molecule has 1 fully saturated rings. The molecule has 1 aliphatic carbocycles. The van der Waals surface area contributed by atoms with Crippen LogP contribution in [0.2, 0.25) is 0 Å². The van der Waals surface area contributed by atoms with Crippen LogP contribution in [0, 0.1) is 5.92 Å². The lowest BCUT2D eigenvalue weighted by molar-refractivity contribution is -0.119. The van der Waals surface area contributed by atoms with Gasteiger partial charge in [0.15, 0.2) is 5.13 Å². The first kappa shape index (κ1) is 14.4. The van der Waals surface area contributed by atoms with Gasteiger partial charge in [-0.2, -0.15) is 0 Å². The van der Waals surface area contributed by atoms with Gasteiger partial charge in [-0.3, -0.25) is 4.79 Å². The molecule has 1 saturated carbocycles. The Kier molecular flexibility index (Phi) is 4.90. The fraction of sp³-hybridized carbons (Fsp3) is 0.692. The topological polar surface area (TPSA) is 71.5 Å². The maximum Gasteiger partial charge on any atom is 0.226 e. The predicted octanol–water partition coefficient (Wildman–Crippen LogP) is 2.34. The summed E-state index contributed by atoms with van der Waals surface area (Å²) >= 11 is 1.34. The Labute approximate surface area is 117 Å². The van der Waals surface area contributed by atoms with Gasteiger partial charge in [-0.05, 0) is 32.6 Å². The first-order chi connectivity index (χ1) is 9.08. The minimum Gasteiger partial charge on any atom is -0.387 e. The quantitative estimate of drug-likeness (QED) is 0.841. The summed E-state index contributed by atoms with van der Waals surface area (Å²) in [4.78, 5) is 16.0. The molecule has 1 aliphatic rings. The zero-order valence-electron chi connectivity index (χ0n) is 11.3. The molecule has 0 spiro atoms. The number of anilines is 1. The third-order valence-electron chi connectivity index (χ3n) is 3.27. The molecule has 2 rings (SSSR count). The minimum atomic E-state index is -0.597. The molecule has 106 valence electrons. The highest BCUT2D eigenvalue weighted by molar-refractivity contribution is 7.13. The number of rotatable bonds is 6. The number of carbonyl (C=O) groups excluding carboxylic acids is 1. The Morgan fingerprint density at radius 3 is 3.00 bits per heavy atom. The SMILES string of the molecule is CCOC1CC(CC(=O)Nc2nc(C(C)O)cs2)C1. The van der Waals surface area contributed by atoms with E-state index < -0.39 is 6.10 Å². The maximum atomic E-state index is 11.8. The van der Waals surface area contributed by atoms with Gasteiger partial charge >= 0.3 is 0 Å². The Bertz CT molecular complexity index is 427. The largest absolute Gasteiger partial charge is 0.387 e. The van der Waals surface area contributed by atoms with Gasteiger partial charge < -0.3 is 15.2 Å². The van der Waals surface area contributed by atoms with E-state index in [0.29, 0.717) is 29.3 Å². The molecule has 0 bridgehead atoms. The van der Waals surface area contributed by atoms with E-state index in [1.807, 2.05) is 6.92 Å². The van der Waals surface area contributed by atoms with Crippen LogP contribution in [0.4, 0.5) is 5.13 Å². The van der Waals surface area contributed by atoms with Crippen LogP contribution in [0.25, 0.3) is 0 Å². The fourth-order valence-electron chi connectivity index (χ4n) is 2.18. The zero-order chi connectivity index (χ0) is 13.8. The molecule has 1 unspecified atom stereocenters. The van der Waals surface area contributed by atoms with Crippen molar-refractivity contribution in [1.82, 2.24) is 4.98 Å². The number of amides is 1. The first-order valence-corrected chi connectivity index (χ1v) is 7.51. The van der Waals surface area contributed by atoms with Crippen LogP contribution < -0.4 is 5.32 Å². The molecule has 0 aromatic carbocycles. The number of thiazole rings is 1. The van der Waals surface area contributed by atoms with Crippen molar-refractivity contribution in [2.24, 2.45) is 5.92 Å². The van der Waals surface area contributed by atoms with Gasteiger partial charge in [-0.25, -0.2) is 4.98 Å². The Morgan fingerprint density at radius 1 is 1.68 bits per heavy atom. The van der Waals surface area contributed by atoms with E-state index in [-0.39, 0.29) is 5.91 Å². The molecule has 0 aliphatic heterocycles. The van der Waals surface area contributed by atoms with Crippen LogP contribution in [0.5, 0.6) is 0 Å². The molecule has 19 heavy (non-hydrogen) atoms. The Morgan fingerprint density at radius 2 is 2.42 bits per heavy atom. The normalized spacial score (nSPS) is 23.7. The number of carbonyl (C=O) groups is 1. The second kappa shape index (κ2) is 6.45. The predicted molar refractivity (Wildman–Crippen MR) is 74.1 cm³/mol. The second-order valence-corrected chi connectivity index (χ2v) is 5.78. The van der Waals surface area contributed by atoms with Crippen LogP contribution in [-0.4, -0.2) is 28.7 Å². The molecule has 1 amide bonds. The van der Waals surface area contributed by atoms with Crippen LogP contribution in [-0.2, 0) is 9.53 Å². The molecule has 1 atom stereocenters. The van der Waals surface area contributed by atoms with E-state index in [4.69, 9.17) is 4.74 Å². The molecule has 0 saturated heterocycles. The molecule has 1 heterocycles. The number of nitrogens with zero attached hydrogens (tertiary/aromatic N) is 1. The van der Waals surface area contributed by atoms with Crippen molar-refractivity contribution in [3.63, 3.8) is 0 Å². The van der Waals surface area contributed by atoms with E-state index in [9.17, 15) is 9.90 Å². The van der Waals surface area contributed by atoms with Gasteiger partial charge in [0.05, 0.1) is 17.9 Å². The highest BCUT2D eigenvalue weighted by Gasteiger charge is 2.31. The number of hydrogen-bond acceptors (Lipinski definition) is 5. The summed E-state index contributed by atoms with van der Waals surface area (Å²) < 4.78 is 5.47. The lowest BCUT2D eigenvalue weighted by Gasteiger charge is -2.34. The Hall–Kier alpha value is -0.980. The van der Waals surface area contributed by atoms with Crippen molar-refractivity contribution in [1.29, 1.82) is 0 Å². The smallest absolute Gasteiger partial charge is 0.226 e. The van der Waals surface area contributed by atoms with Crippen molar-refractivity contribution in [2.45, 2.75) is 45.3 Å².